The van der Waals surface area contributed by atoms with Crippen molar-refractivity contribution < 1.29 is 23.9 Å². The minimum absolute atomic E-state index is 0.105. The van der Waals surface area contributed by atoms with Gasteiger partial charge in [-0.3, -0.25) is 14.4 Å². The number of methoxy groups -OCH3 is 2. The second-order valence-corrected chi connectivity index (χ2v) is 9.34. The number of benzene rings is 2. The van der Waals surface area contributed by atoms with Crippen LogP contribution in [0.3, 0.4) is 0 Å². The Morgan fingerprint density at radius 3 is 2.03 bits per heavy atom. The molecule has 1 unspecified atom stereocenters. The van der Waals surface area contributed by atoms with Crippen molar-refractivity contribution in [3.05, 3.63) is 59.7 Å². The molecule has 2 aromatic carbocycles. The van der Waals surface area contributed by atoms with Gasteiger partial charge < -0.3 is 24.6 Å². The monoisotopic (exact) mass is 495 g/mol. The average molecular weight is 496 g/mol. The Bertz CT molecular complexity index is 1010. The summed E-state index contributed by atoms with van der Waals surface area (Å²) in [5.41, 5.74) is 1.59. The molecule has 1 aliphatic rings. The molecule has 0 aliphatic carbocycles. The van der Waals surface area contributed by atoms with E-state index in [1.54, 1.807) is 23.1 Å². The third kappa shape index (κ3) is 7.23. The Balaban J connectivity index is 1.53. The highest BCUT2D eigenvalue weighted by molar-refractivity contribution is 5.98. The Morgan fingerprint density at radius 2 is 1.47 bits per heavy atom. The smallest absolute Gasteiger partial charge is 0.252 e. The highest BCUT2D eigenvalue weighted by Gasteiger charge is 2.32. The van der Waals surface area contributed by atoms with Crippen molar-refractivity contribution in [2.75, 3.05) is 40.4 Å². The summed E-state index contributed by atoms with van der Waals surface area (Å²) in [6, 6.07) is 14.4. The second-order valence-electron chi connectivity index (χ2n) is 9.34. The molecular formula is C28H37N3O5. The molecule has 8 nitrogen and oxygen atoms in total. The van der Waals surface area contributed by atoms with Crippen molar-refractivity contribution in [2.24, 2.45) is 5.92 Å². The molecule has 1 N–H and O–H groups in total. The van der Waals surface area contributed by atoms with Crippen LogP contribution in [0.1, 0.15) is 42.6 Å². The quantitative estimate of drug-likeness (QED) is 0.547. The van der Waals surface area contributed by atoms with Gasteiger partial charge >= 0.3 is 0 Å². The molecule has 36 heavy (non-hydrogen) atoms. The van der Waals surface area contributed by atoms with Crippen LogP contribution in [-0.4, -0.2) is 74.0 Å². The van der Waals surface area contributed by atoms with Gasteiger partial charge in [-0.15, -0.1) is 0 Å². The van der Waals surface area contributed by atoms with Crippen molar-refractivity contribution in [1.82, 2.24) is 15.1 Å². The van der Waals surface area contributed by atoms with E-state index in [0.717, 1.165) is 12.8 Å². The molecule has 1 atom stereocenters. The Labute approximate surface area is 213 Å². The van der Waals surface area contributed by atoms with Crippen molar-refractivity contribution >= 4 is 17.7 Å². The van der Waals surface area contributed by atoms with E-state index in [0.29, 0.717) is 49.7 Å². The van der Waals surface area contributed by atoms with Gasteiger partial charge in [0, 0.05) is 44.2 Å². The lowest BCUT2D eigenvalue weighted by atomic mass is 10.0. The summed E-state index contributed by atoms with van der Waals surface area (Å²) < 4.78 is 10.5. The maximum absolute atomic E-state index is 13.3. The number of nitrogens with one attached hydrogen (secondary N) is 1. The predicted octanol–water partition coefficient (Wildman–Crippen LogP) is 3.15. The molecule has 1 aliphatic heterocycles. The molecule has 1 fully saturated rings. The number of hydrogen-bond acceptors (Lipinski definition) is 5. The first-order valence-corrected chi connectivity index (χ1v) is 12.5. The molecule has 1 saturated heterocycles. The first-order valence-electron chi connectivity index (χ1n) is 12.5. The number of carbonyl (C=O) groups excluding carboxylic acids is 3. The third-order valence-corrected chi connectivity index (χ3v) is 6.48. The van der Waals surface area contributed by atoms with Crippen LogP contribution in [0.2, 0.25) is 0 Å². The molecule has 0 spiro atoms. The molecule has 0 saturated carbocycles. The van der Waals surface area contributed by atoms with Crippen LogP contribution >= 0.6 is 0 Å². The van der Waals surface area contributed by atoms with Gasteiger partial charge in [-0.1, -0.05) is 44.2 Å². The molecule has 0 bridgehead atoms. The van der Waals surface area contributed by atoms with Gasteiger partial charge in [0.1, 0.15) is 17.5 Å². The lowest BCUT2D eigenvalue weighted by molar-refractivity contribution is -0.141. The van der Waals surface area contributed by atoms with Gasteiger partial charge in [0.2, 0.25) is 11.8 Å². The van der Waals surface area contributed by atoms with Gasteiger partial charge in [-0.05, 0) is 36.5 Å². The number of ether oxygens (including phenoxy) is 2. The highest BCUT2D eigenvalue weighted by atomic mass is 16.5. The van der Waals surface area contributed by atoms with Crippen molar-refractivity contribution in [3.8, 4) is 11.5 Å². The van der Waals surface area contributed by atoms with Crippen LogP contribution in [0.15, 0.2) is 48.5 Å². The summed E-state index contributed by atoms with van der Waals surface area (Å²) >= 11 is 0. The SMILES string of the molecule is COc1cc(OC)cc(C(=O)NC(C(=O)N2CCN(C(=O)CCCc3ccccc3)CC2)C(C)C)c1. The van der Waals surface area contributed by atoms with E-state index in [2.05, 4.69) is 17.4 Å². The summed E-state index contributed by atoms with van der Waals surface area (Å²) in [6.07, 6.45) is 2.18. The fraction of sp³-hybridized carbons (Fsp3) is 0.464. The van der Waals surface area contributed by atoms with E-state index in [-0.39, 0.29) is 23.6 Å². The molecule has 0 aromatic heterocycles. The predicted molar refractivity (Wildman–Crippen MR) is 138 cm³/mol. The van der Waals surface area contributed by atoms with Gasteiger partial charge in [0.25, 0.3) is 5.91 Å². The minimum atomic E-state index is -0.678. The highest BCUT2D eigenvalue weighted by Crippen LogP contribution is 2.23. The van der Waals surface area contributed by atoms with Crippen molar-refractivity contribution in [1.29, 1.82) is 0 Å². The van der Waals surface area contributed by atoms with Crippen LogP contribution in [-0.2, 0) is 16.0 Å². The number of carbonyl (C=O) groups is 3. The van der Waals surface area contributed by atoms with Crippen LogP contribution in [0.4, 0.5) is 0 Å². The standard InChI is InChI=1S/C28H37N3O5/c1-20(2)26(29-27(33)22-17-23(35-3)19-24(18-22)36-4)28(34)31-15-13-30(14-16-31)25(32)12-8-11-21-9-6-5-7-10-21/h5-7,9-10,17-20,26H,8,11-16H2,1-4H3,(H,29,33). The van der Waals surface area contributed by atoms with E-state index >= 15 is 0 Å². The lowest BCUT2D eigenvalue weighted by Crippen LogP contribution is -2.57. The molecule has 0 radical (unpaired) electrons. The zero-order valence-corrected chi connectivity index (χ0v) is 21.7. The zero-order valence-electron chi connectivity index (χ0n) is 21.7. The topological polar surface area (TPSA) is 88.2 Å². The fourth-order valence-electron chi connectivity index (χ4n) is 4.30. The summed E-state index contributed by atoms with van der Waals surface area (Å²) in [5, 5.41) is 2.89. The lowest BCUT2D eigenvalue weighted by Gasteiger charge is -2.37. The molecule has 8 heteroatoms. The number of nitrogens with zero attached hydrogens (tertiary/aromatic N) is 2. The summed E-state index contributed by atoms with van der Waals surface area (Å²) in [7, 11) is 3.04. The summed E-state index contributed by atoms with van der Waals surface area (Å²) in [6.45, 7) is 5.72. The van der Waals surface area contributed by atoms with E-state index < -0.39 is 6.04 Å². The van der Waals surface area contributed by atoms with E-state index in [9.17, 15) is 14.4 Å². The van der Waals surface area contributed by atoms with E-state index in [4.69, 9.17) is 9.47 Å². The normalized spacial score (nSPS) is 14.4. The fourth-order valence-corrected chi connectivity index (χ4v) is 4.30. The van der Waals surface area contributed by atoms with E-state index in [1.807, 2.05) is 36.9 Å². The minimum Gasteiger partial charge on any atom is -0.497 e. The van der Waals surface area contributed by atoms with Crippen molar-refractivity contribution in [2.45, 2.75) is 39.2 Å². The number of hydrogen-bond donors (Lipinski definition) is 1. The number of aryl methyl sites for hydroxylation is 1. The Hall–Kier alpha value is -3.55. The number of amides is 3. The molecule has 3 amide bonds. The van der Waals surface area contributed by atoms with Crippen molar-refractivity contribution in [3.63, 3.8) is 0 Å². The first kappa shape index (κ1) is 27.0. The van der Waals surface area contributed by atoms with Gasteiger partial charge in [0.15, 0.2) is 0 Å². The third-order valence-electron chi connectivity index (χ3n) is 6.48. The maximum atomic E-state index is 13.3. The molecule has 2 aromatic rings. The second kappa shape index (κ2) is 13.0. The number of piperazine rings is 1. The Kier molecular flexibility index (Phi) is 9.73. The van der Waals surface area contributed by atoms with Gasteiger partial charge in [-0.2, -0.15) is 0 Å². The largest absolute Gasteiger partial charge is 0.497 e. The van der Waals surface area contributed by atoms with Crippen LogP contribution < -0.4 is 14.8 Å². The zero-order chi connectivity index (χ0) is 26.1. The first-order chi connectivity index (χ1) is 17.3. The molecular weight excluding hydrogens is 458 g/mol. The van der Waals surface area contributed by atoms with Crippen LogP contribution in [0, 0.1) is 5.92 Å². The van der Waals surface area contributed by atoms with Crippen LogP contribution in [0.25, 0.3) is 0 Å². The van der Waals surface area contributed by atoms with Gasteiger partial charge in [0.05, 0.1) is 14.2 Å². The van der Waals surface area contributed by atoms with E-state index in [1.165, 1.54) is 19.8 Å². The van der Waals surface area contributed by atoms with Crippen LogP contribution in [0.5, 0.6) is 11.5 Å². The van der Waals surface area contributed by atoms with Gasteiger partial charge in [-0.25, -0.2) is 0 Å². The molecule has 3 rings (SSSR count). The summed E-state index contributed by atoms with van der Waals surface area (Å²) in [5.74, 6) is 0.508. The Morgan fingerprint density at radius 1 is 0.889 bits per heavy atom. The summed E-state index contributed by atoms with van der Waals surface area (Å²) in [4.78, 5) is 42.5. The number of rotatable bonds is 10. The maximum Gasteiger partial charge on any atom is 0.252 e. The molecule has 1 heterocycles. The molecule has 194 valence electrons. The average Bonchev–Trinajstić information content (AvgIpc) is 2.91.